The Morgan fingerprint density at radius 3 is 2.95 bits per heavy atom. The van der Waals surface area contributed by atoms with Crippen LogP contribution in [0.1, 0.15) is 24.6 Å². The SMILES string of the molecule is CC(c1nncn1C)n1c(CCCl)nc2cnccc21. The van der Waals surface area contributed by atoms with Crippen LogP contribution in [0.5, 0.6) is 0 Å². The second-order valence-corrected chi connectivity index (χ2v) is 5.06. The minimum atomic E-state index is 0.0353. The number of pyridine rings is 1. The quantitative estimate of drug-likeness (QED) is 0.689. The van der Waals surface area contributed by atoms with E-state index < -0.39 is 0 Å². The number of fused-ring (bicyclic) bond motifs is 1. The highest BCUT2D eigenvalue weighted by molar-refractivity contribution is 6.17. The van der Waals surface area contributed by atoms with Gasteiger partial charge in [-0.05, 0) is 13.0 Å². The summed E-state index contributed by atoms with van der Waals surface area (Å²) in [6.07, 6.45) is 5.95. The van der Waals surface area contributed by atoms with Crippen molar-refractivity contribution in [1.82, 2.24) is 29.3 Å². The summed E-state index contributed by atoms with van der Waals surface area (Å²) in [5.41, 5.74) is 1.91. The molecule has 3 aromatic rings. The summed E-state index contributed by atoms with van der Waals surface area (Å²) in [5, 5.41) is 8.14. The van der Waals surface area contributed by atoms with Crippen LogP contribution in [0.4, 0.5) is 0 Å². The molecule has 1 unspecified atom stereocenters. The molecule has 104 valence electrons. The largest absolute Gasteiger partial charge is 0.319 e. The molecule has 0 aliphatic carbocycles. The fourth-order valence-electron chi connectivity index (χ4n) is 2.48. The number of hydrogen-bond acceptors (Lipinski definition) is 4. The Labute approximate surface area is 121 Å². The van der Waals surface area contributed by atoms with Gasteiger partial charge in [0.05, 0.1) is 17.8 Å². The molecule has 20 heavy (non-hydrogen) atoms. The van der Waals surface area contributed by atoms with Crippen LogP contribution in [0.2, 0.25) is 0 Å². The molecule has 0 fully saturated rings. The molecule has 0 bridgehead atoms. The molecule has 3 heterocycles. The number of imidazole rings is 1. The van der Waals surface area contributed by atoms with E-state index in [1.165, 1.54) is 0 Å². The van der Waals surface area contributed by atoms with Gasteiger partial charge in [0.25, 0.3) is 0 Å². The average molecular weight is 291 g/mol. The number of rotatable bonds is 4. The molecular formula is C13H15ClN6. The van der Waals surface area contributed by atoms with E-state index in [2.05, 4.69) is 31.7 Å². The molecule has 0 saturated heterocycles. The smallest absolute Gasteiger partial charge is 0.155 e. The summed E-state index contributed by atoms with van der Waals surface area (Å²) in [7, 11) is 1.94. The van der Waals surface area contributed by atoms with E-state index in [1.807, 2.05) is 17.7 Å². The summed E-state index contributed by atoms with van der Waals surface area (Å²) in [6.45, 7) is 2.09. The predicted molar refractivity (Wildman–Crippen MR) is 76.8 cm³/mol. The van der Waals surface area contributed by atoms with Gasteiger partial charge in [-0.25, -0.2) is 4.98 Å². The van der Waals surface area contributed by atoms with Crippen molar-refractivity contribution in [2.24, 2.45) is 7.05 Å². The monoisotopic (exact) mass is 290 g/mol. The molecule has 0 spiro atoms. The maximum absolute atomic E-state index is 5.89. The molecule has 0 aromatic carbocycles. The Hall–Kier alpha value is -1.95. The maximum Gasteiger partial charge on any atom is 0.155 e. The first-order chi connectivity index (χ1) is 9.72. The lowest BCUT2D eigenvalue weighted by Crippen LogP contribution is -2.15. The van der Waals surface area contributed by atoms with E-state index in [1.54, 1.807) is 18.7 Å². The fourth-order valence-corrected chi connectivity index (χ4v) is 2.65. The van der Waals surface area contributed by atoms with Crippen molar-refractivity contribution in [1.29, 1.82) is 0 Å². The second kappa shape index (κ2) is 5.20. The highest BCUT2D eigenvalue weighted by Gasteiger charge is 2.20. The van der Waals surface area contributed by atoms with Crippen molar-refractivity contribution < 1.29 is 0 Å². The van der Waals surface area contributed by atoms with Crippen LogP contribution in [0, 0.1) is 0 Å². The van der Waals surface area contributed by atoms with Crippen LogP contribution in [-0.2, 0) is 13.5 Å². The lowest BCUT2D eigenvalue weighted by molar-refractivity contribution is 0.566. The molecule has 6 nitrogen and oxygen atoms in total. The highest BCUT2D eigenvalue weighted by atomic mass is 35.5. The highest BCUT2D eigenvalue weighted by Crippen LogP contribution is 2.24. The van der Waals surface area contributed by atoms with E-state index in [0.717, 1.165) is 22.7 Å². The minimum absolute atomic E-state index is 0.0353. The zero-order valence-corrected chi connectivity index (χ0v) is 12.1. The third-order valence-electron chi connectivity index (χ3n) is 3.39. The van der Waals surface area contributed by atoms with Gasteiger partial charge < -0.3 is 9.13 Å². The standard InChI is InChI=1S/C13H15ClN6/c1-9(13-18-16-8-19(13)2)20-11-4-6-15-7-10(11)17-12(20)3-5-14/h4,6-9H,3,5H2,1-2H3. The molecule has 7 heteroatoms. The van der Waals surface area contributed by atoms with Crippen molar-refractivity contribution in [2.45, 2.75) is 19.4 Å². The third-order valence-corrected chi connectivity index (χ3v) is 3.58. The Morgan fingerprint density at radius 2 is 2.25 bits per heavy atom. The summed E-state index contributed by atoms with van der Waals surface area (Å²) in [4.78, 5) is 8.75. The van der Waals surface area contributed by atoms with Gasteiger partial charge >= 0.3 is 0 Å². The Morgan fingerprint density at radius 1 is 1.40 bits per heavy atom. The van der Waals surface area contributed by atoms with Gasteiger partial charge in [0.2, 0.25) is 0 Å². The van der Waals surface area contributed by atoms with Gasteiger partial charge in [0.15, 0.2) is 5.82 Å². The van der Waals surface area contributed by atoms with Gasteiger partial charge in [0.1, 0.15) is 17.7 Å². The minimum Gasteiger partial charge on any atom is -0.319 e. The predicted octanol–water partition coefficient (Wildman–Crippen LogP) is 1.95. The van der Waals surface area contributed by atoms with Crippen molar-refractivity contribution in [3.63, 3.8) is 0 Å². The van der Waals surface area contributed by atoms with E-state index in [0.29, 0.717) is 12.3 Å². The second-order valence-electron chi connectivity index (χ2n) is 4.68. The molecular weight excluding hydrogens is 276 g/mol. The van der Waals surface area contributed by atoms with Crippen molar-refractivity contribution in [3.8, 4) is 0 Å². The number of halogens is 1. The molecule has 1 atom stereocenters. The topological polar surface area (TPSA) is 61.4 Å². The number of aromatic nitrogens is 6. The normalized spacial score (nSPS) is 12.9. The number of aryl methyl sites for hydroxylation is 2. The number of hydrogen-bond donors (Lipinski definition) is 0. The molecule has 0 aliphatic rings. The summed E-state index contributed by atoms with van der Waals surface area (Å²) in [5.74, 6) is 2.36. The van der Waals surface area contributed by atoms with Crippen LogP contribution in [0.3, 0.4) is 0 Å². The van der Waals surface area contributed by atoms with Gasteiger partial charge in [-0.15, -0.1) is 21.8 Å². The molecule has 3 rings (SSSR count). The molecule has 0 aliphatic heterocycles. The molecule has 0 N–H and O–H groups in total. The van der Waals surface area contributed by atoms with Crippen LogP contribution < -0.4 is 0 Å². The van der Waals surface area contributed by atoms with Crippen LogP contribution in [-0.4, -0.2) is 35.2 Å². The first-order valence-corrected chi connectivity index (χ1v) is 6.96. The molecule has 0 amide bonds. The zero-order chi connectivity index (χ0) is 14.1. The van der Waals surface area contributed by atoms with E-state index in [9.17, 15) is 0 Å². The maximum atomic E-state index is 5.89. The van der Waals surface area contributed by atoms with Crippen molar-refractivity contribution in [3.05, 3.63) is 36.4 Å². The van der Waals surface area contributed by atoms with Crippen LogP contribution in [0.25, 0.3) is 11.0 Å². The molecule has 0 saturated carbocycles. The molecule has 0 radical (unpaired) electrons. The Bertz CT molecular complexity index is 731. The van der Waals surface area contributed by atoms with Crippen molar-refractivity contribution in [2.75, 3.05) is 5.88 Å². The van der Waals surface area contributed by atoms with Gasteiger partial charge in [0, 0.05) is 25.5 Å². The van der Waals surface area contributed by atoms with Crippen LogP contribution in [0.15, 0.2) is 24.8 Å². The summed E-state index contributed by atoms with van der Waals surface area (Å²) >= 11 is 5.89. The van der Waals surface area contributed by atoms with E-state index in [4.69, 9.17) is 11.6 Å². The fraction of sp³-hybridized carbons (Fsp3) is 0.385. The van der Waals surface area contributed by atoms with Gasteiger partial charge in [-0.2, -0.15) is 0 Å². The third kappa shape index (κ3) is 2.06. The van der Waals surface area contributed by atoms with Crippen molar-refractivity contribution >= 4 is 22.6 Å². The van der Waals surface area contributed by atoms with Crippen LogP contribution >= 0.6 is 11.6 Å². The van der Waals surface area contributed by atoms with E-state index in [-0.39, 0.29) is 6.04 Å². The van der Waals surface area contributed by atoms with Gasteiger partial charge in [-0.3, -0.25) is 4.98 Å². The summed E-state index contributed by atoms with van der Waals surface area (Å²) < 4.78 is 4.07. The van der Waals surface area contributed by atoms with E-state index >= 15 is 0 Å². The first-order valence-electron chi connectivity index (χ1n) is 6.43. The molecule has 3 aromatic heterocycles. The Kier molecular flexibility index (Phi) is 3.40. The number of alkyl halides is 1. The zero-order valence-electron chi connectivity index (χ0n) is 11.4. The average Bonchev–Trinajstić information content (AvgIpc) is 3.02. The lowest BCUT2D eigenvalue weighted by Gasteiger charge is -2.16. The number of nitrogens with zero attached hydrogens (tertiary/aromatic N) is 6. The van der Waals surface area contributed by atoms with Gasteiger partial charge in [-0.1, -0.05) is 0 Å². The Balaban J connectivity index is 2.18. The first kappa shape index (κ1) is 13.1. The lowest BCUT2D eigenvalue weighted by atomic mass is 10.2. The summed E-state index contributed by atoms with van der Waals surface area (Å²) in [6, 6.07) is 2.00.